The molecule has 4 aromatic rings. The monoisotopic (exact) mass is 547 g/mol. The number of hydrogen-bond acceptors (Lipinski definition) is 7. The summed E-state index contributed by atoms with van der Waals surface area (Å²) >= 11 is 12.3. The first-order valence-corrected chi connectivity index (χ1v) is 13.0. The van der Waals surface area contributed by atoms with Gasteiger partial charge in [0.1, 0.15) is 11.4 Å². The van der Waals surface area contributed by atoms with Crippen molar-refractivity contribution in [2.75, 3.05) is 20.8 Å². The number of nitrogens with one attached hydrogen (secondary N) is 1. The van der Waals surface area contributed by atoms with Gasteiger partial charge in [-0.1, -0.05) is 35.3 Å². The molecule has 2 aromatic carbocycles. The molecule has 0 atom stereocenters. The molecule has 0 aliphatic heterocycles. The van der Waals surface area contributed by atoms with Crippen LogP contribution in [-0.2, 0) is 16.4 Å². The molecule has 0 spiro atoms. The molecule has 0 fully saturated rings. The van der Waals surface area contributed by atoms with Gasteiger partial charge in [-0.3, -0.25) is 9.55 Å². The van der Waals surface area contributed by atoms with E-state index in [1.807, 2.05) is 25.1 Å². The molecule has 9 nitrogen and oxygen atoms in total. The van der Waals surface area contributed by atoms with Crippen LogP contribution in [0.3, 0.4) is 0 Å². The molecule has 0 saturated heterocycles. The summed E-state index contributed by atoms with van der Waals surface area (Å²) in [6.45, 7) is 2.00. The lowest BCUT2D eigenvalue weighted by molar-refractivity contribution is 0.390. The Balaban J connectivity index is 1.83. The summed E-state index contributed by atoms with van der Waals surface area (Å²) in [5.41, 5.74) is 2.58. The molecule has 2 heterocycles. The Kier molecular flexibility index (Phi) is 7.79. The number of nitrogens with zero attached hydrogens (tertiary/aromatic N) is 4. The maximum atomic E-state index is 13.5. The zero-order valence-electron chi connectivity index (χ0n) is 19.7. The summed E-state index contributed by atoms with van der Waals surface area (Å²) in [5.74, 6) is 0.744. The second-order valence-corrected chi connectivity index (χ2v) is 10.3. The first-order chi connectivity index (χ1) is 17.2. The van der Waals surface area contributed by atoms with Gasteiger partial charge in [-0.15, -0.1) is 10.2 Å². The van der Waals surface area contributed by atoms with E-state index in [0.29, 0.717) is 22.8 Å². The van der Waals surface area contributed by atoms with Crippen molar-refractivity contribution >= 4 is 33.2 Å². The fraction of sp³-hybridized carbons (Fsp3) is 0.208. The van der Waals surface area contributed by atoms with Gasteiger partial charge in [0.05, 0.1) is 19.2 Å². The molecule has 0 unspecified atom stereocenters. The Hall–Kier alpha value is -3.18. The number of benzene rings is 2. The van der Waals surface area contributed by atoms with E-state index in [0.717, 1.165) is 11.1 Å². The van der Waals surface area contributed by atoms with Crippen LogP contribution in [0.25, 0.3) is 17.1 Å². The van der Waals surface area contributed by atoms with Crippen LogP contribution in [0.2, 0.25) is 10.0 Å². The van der Waals surface area contributed by atoms with Crippen LogP contribution in [0.1, 0.15) is 11.1 Å². The van der Waals surface area contributed by atoms with Gasteiger partial charge in [0.2, 0.25) is 0 Å². The molecule has 2 aromatic heterocycles. The standard InChI is InChI=1S/C24H23Cl2N5O4S/c1-15-12-17(14-27-13-15)23-29-30-24(31(23)21-20(34-2)9-8-19(26)22(21)35-3)36(32,33)28-11-10-16-4-6-18(25)7-5-16/h4-9,12-14,28H,10-11H2,1-3H3. The Morgan fingerprint density at radius 1 is 1.00 bits per heavy atom. The summed E-state index contributed by atoms with van der Waals surface area (Å²) in [6, 6.07) is 12.2. The van der Waals surface area contributed by atoms with Gasteiger partial charge in [-0.05, 0) is 54.8 Å². The van der Waals surface area contributed by atoms with E-state index in [9.17, 15) is 8.42 Å². The molecule has 0 radical (unpaired) electrons. The molecule has 0 aliphatic carbocycles. The van der Waals surface area contributed by atoms with E-state index < -0.39 is 10.0 Å². The SMILES string of the molecule is COc1ccc(Cl)c(OC)c1-n1c(-c2cncc(C)c2)nnc1S(=O)(=O)NCCc1ccc(Cl)cc1. The number of sulfonamides is 1. The second kappa shape index (κ2) is 10.8. The van der Waals surface area contributed by atoms with Crippen LogP contribution in [0, 0.1) is 6.92 Å². The minimum atomic E-state index is -4.14. The summed E-state index contributed by atoms with van der Waals surface area (Å²) < 4.78 is 42.0. The van der Waals surface area contributed by atoms with E-state index in [1.165, 1.54) is 18.8 Å². The van der Waals surface area contributed by atoms with Crippen molar-refractivity contribution in [3.8, 4) is 28.6 Å². The fourth-order valence-corrected chi connectivity index (χ4v) is 5.08. The van der Waals surface area contributed by atoms with Gasteiger partial charge in [0.15, 0.2) is 11.6 Å². The van der Waals surface area contributed by atoms with E-state index in [2.05, 4.69) is 19.9 Å². The quantitative estimate of drug-likeness (QED) is 0.329. The van der Waals surface area contributed by atoms with E-state index >= 15 is 0 Å². The molecule has 12 heteroatoms. The Morgan fingerprint density at radius 2 is 1.75 bits per heavy atom. The van der Waals surface area contributed by atoms with Gasteiger partial charge >= 0.3 is 0 Å². The lowest BCUT2D eigenvalue weighted by Gasteiger charge is -2.18. The average molecular weight is 548 g/mol. The predicted octanol–water partition coefficient (Wildman–Crippen LogP) is 4.48. The number of hydrogen-bond donors (Lipinski definition) is 1. The number of halogens is 2. The highest BCUT2D eigenvalue weighted by molar-refractivity contribution is 7.89. The average Bonchev–Trinajstić information content (AvgIpc) is 3.31. The number of aryl methyl sites for hydroxylation is 1. The normalized spacial score (nSPS) is 11.5. The molecule has 0 aliphatic rings. The minimum Gasteiger partial charge on any atom is -0.494 e. The predicted molar refractivity (Wildman–Crippen MR) is 138 cm³/mol. The number of ether oxygens (including phenoxy) is 2. The van der Waals surface area contributed by atoms with E-state index in [1.54, 1.807) is 36.7 Å². The van der Waals surface area contributed by atoms with Crippen LogP contribution < -0.4 is 14.2 Å². The molecule has 0 saturated carbocycles. The van der Waals surface area contributed by atoms with Gasteiger partial charge in [-0.25, -0.2) is 13.1 Å². The van der Waals surface area contributed by atoms with E-state index in [4.69, 9.17) is 32.7 Å². The highest BCUT2D eigenvalue weighted by Gasteiger charge is 2.30. The molecular formula is C24H23Cl2N5O4S. The third kappa shape index (κ3) is 5.31. The Bertz CT molecular complexity index is 1490. The highest BCUT2D eigenvalue weighted by atomic mass is 35.5. The molecule has 4 rings (SSSR count). The molecule has 0 bridgehead atoms. The van der Waals surface area contributed by atoms with E-state index in [-0.39, 0.29) is 34.0 Å². The topological polar surface area (TPSA) is 108 Å². The zero-order valence-corrected chi connectivity index (χ0v) is 22.0. The maximum Gasteiger partial charge on any atom is 0.276 e. The maximum absolute atomic E-state index is 13.5. The number of rotatable bonds is 9. The molecule has 1 N–H and O–H groups in total. The van der Waals surface area contributed by atoms with Crippen molar-refractivity contribution in [2.24, 2.45) is 0 Å². The van der Waals surface area contributed by atoms with Crippen molar-refractivity contribution in [3.05, 3.63) is 76.0 Å². The lowest BCUT2D eigenvalue weighted by Crippen LogP contribution is -2.28. The fourth-order valence-electron chi connectivity index (χ4n) is 3.65. The summed E-state index contributed by atoms with van der Waals surface area (Å²) in [5, 5.41) is 8.77. The first-order valence-electron chi connectivity index (χ1n) is 10.8. The zero-order chi connectivity index (χ0) is 25.9. The van der Waals surface area contributed by atoms with Crippen molar-refractivity contribution in [2.45, 2.75) is 18.5 Å². The van der Waals surface area contributed by atoms with Gasteiger partial charge in [0, 0.05) is 29.5 Å². The smallest absolute Gasteiger partial charge is 0.276 e. The van der Waals surface area contributed by atoms with Crippen molar-refractivity contribution in [1.29, 1.82) is 0 Å². The molecule has 36 heavy (non-hydrogen) atoms. The molecule has 188 valence electrons. The number of pyridine rings is 1. The number of aromatic nitrogens is 4. The highest BCUT2D eigenvalue weighted by Crippen LogP contribution is 2.41. The largest absolute Gasteiger partial charge is 0.494 e. The molecule has 0 amide bonds. The van der Waals surface area contributed by atoms with Crippen LogP contribution in [-0.4, -0.2) is 48.9 Å². The third-order valence-electron chi connectivity index (χ3n) is 5.32. The van der Waals surface area contributed by atoms with Crippen LogP contribution in [0.15, 0.2) is 60.0 Å². The lowest BCUT2D eigenvalue weighted by atomic mass is 10.2. The van der Waals surface area contributed by atoms with Crippen molar-refractivity contribution in [1.82, 2.24) is 24.5 Å². The van der Waals surface area contributed by atoms with Crippen molar-refractivity contribution < 1.29 is 17.9 Å². The van der Waals surface area contributed by atoms with Gasteiger partial charge in [0.25, 0.3) is 15.2 Å². The van der Waals surface area contributed by atoms with Gasteiger partial charge < -0.3 is 9.47 Å². The van der Waals surface area contributed by atoms with Gasteiger partial charge in [-0.2, -0.15) is 0 Å². The Morgan fingerprint density at radius 3 is 2.42 bits per heavy atom. The summed E-state index contributed by atoms with van der Waals surface area (Å²) in [6.07, 6.45) is 3.70. The number of methoxy groups -OCH3 is 2. The third-order valence-corrected chi connectivity index (χ3v) is 7.20. The first kappa shape index (κ1) is 25.9. The van der Waals surface area contributed by atoms with Crippen LogP contribution >= 0.6 is 23.2 Å². The Labute approximate surface area is 219 Å². The second-order valence-electron chi connectivity index (χ2n) is 7.80. The summed E-state index contributed by atoms with van der Waals surface area (Å²) in [4.78, 5) is 4.21. The van der Waals surface area contributed by atoms with Crippen LogP contribution in [0.5, 0.6) is 11.5 Å². The van der Waals surface area contributed by atoms with Crippen LogP contribution in [0.4, 0.5) is 0 Å². The summed E-state index contributed by atoms with van der Waals surface area (Å²) in [7, 11) is -1.25. The van der Waals surface area contributed by atoms with Crippen molar-refractivity contribution in [3.63, 3.8) is 0 Å². The molecular weight excluding hydrogens is 525 g/mol. The minimum absolute atomic E-state index is 0.127.